The van der Waals surface area contributed by atoms with Gasteiger partial charge < -0.3 is 40.5 Å². The Kier molecular flexibility index (Phi) is 5.70. The molecule has 3 atom stereocenters. The summed E-state index contributed by atoms with van der Waals surface area (Å²) in [5, 5.41) is 58.0. The lowest BCUT2D eigenvalue weighted by molar-refractivity contribution is -0.153. The molecule has 39 heavy (non-hydrogen) atoms. The second kappa shape index (κ2) is 8.51. The molecule has 2 aromatic rings. The highest BCUT2D eigenvalue weighted by atomic mass is 16.6. The topological polar surface area (TPSA) is 226 Å². The van der Waals surface area contributed by atoms with Crippen molar-refractivity contribution in [2.24, 2.45) is 22.7 Å². The molecule has 1 aromatic carbocycles. The number of fused-ring (bicyclic) bond motifs is 3. The van der Waals surface area contributed by atoms with Gasteiger partial charge in [0.1, 0.15) is 47.5 Å². The van der Waals surface area contributed by atoms with Crippen LogP contribution in [0.4, 0.5) is 0 Å². The third-order valence-electron chi connectivity index (χ3n) is 7.44. The van der Waals surface area contributed by atoms with Gasteiger partial charge in [0.15, 0.2) is 11.4 Å². The number of phenolic OH excluding ortho intramolecular Hbond substituents is 1. The van der Waals surface area contributed by atoms with E-state index in [1.165, 1.54) is 32.2 Å². The number of oxime groups is 1. The second-order valence-corrected chi connectivity index (χ2v) is 10.2. The number of aromatic nitrogens is 1. The molecule has 204 valence electrons. The van der Waals surface area contributed by atoms with Gasteiger partial charge in [0, 0.05) is 11.1 Å². The number of benzene rings is 1. The minimum absolute atomic E-state index is 0.0125. The quantitative estimate of drug-likeness (QED) is 0.182. The average Bonchev–Trinajstić information content (AvgIpc) is 3.34. The van der Waals surface area contributed by atoms with E-state index in [0.29, 0.717) is 11.1 Å². The lowest BCUT2D eigenvalue weighted by Crippen LogP contribution is -2.64. The first-order valence-corrected chi connectivity index (χ1v) is 11.9. The van der Waals surface area contributed by atoms with Gasteiger partial charge in [-0.3, -0.25) is 14.4 Å². The molecule has 1 aromatic heterocycles. The Morgan fingerprint density at radius 3 is 2.49 bits per heavy atom. The van der Waals surface area contributed by atoms with Gasteiger partial charge >= 0.3 is 0 Å². The maximum atomic E-state index is 13.8. The molecule has 3 aliphatic rings. The molecule has 0 saturated heterocycles. The minimum atomic E-state index is -2.93. The van der Waals surface area contributed by atoms with Gasteiger partial charge in [-0.1, -0.05) is 5.16 Å². The van der Waals surface area contributed by atoms with Crippen molar-refractivity contribution in [3.05, 3.63) is 52.1 Å². The number of hydrogen-bond acceptors (Lipinski definition) is 12. The molecule has 0 spiro atoms. The van der Waals surface area contributed by atoms with E-state index in [9.17, 15) is 39.9 Å². The molecular formula is C26H25N3O10. The van der Waals surface area contributed by atoms with Gasteiger partial charge in [0.2, 0.25) is 17.5 Å². The van der Waals surface area contributed by atoms with Crippen LogP contribution in [0.2, 0.25) is 0 Å². The molecule has 13 nitrogen and oxygen atoms in total. The number of amides is 1. The summed E-state index contributed by atoms with van der Waals surface area (Å²) in [6, 6.07) is 2.76. The summed E-state index contributed by atoms with van der Waals surface area (Å²) >= 11 is 0. The average molecular weight is 539 g/mol. The zero-order valence-corrected chi connectivity index (χ0v) is 21.1. The lowest BCUT2D eigenvalue weighted by atomic mass is 9.58. The summed E-state index contributed by atoms with van der Waals surface area (Å²) in [4.78, 5) is 48.1. The van der Waals surface area contributed by atoms with E-state index >= 15 is 0 Å². The molecule has 13 heteroatoms. The Balaban J connectivity index is 1.70. The van der Waals surface area contributed by atoms with Crippen LogP contribution in [0, 0.1) is 11.8 Å². The predicted octanol–water partition coefficient (Wildman–Crippen LogP) is 0.919. The molecule has 0 unspecified atom stereocenters. The smallest absolute Gasteiger partial charge is 0.256 e. The van der Waals surface area contributed by atoms with Crippen molar-refractivity contribution in [3.8, 4) is 17.2 Å². The number of phenols is 1. The summed E-state index contributed by atoms with van der Waals surface area (Å²) in [5.41, 5.74) is 0.0603. The SMILES string of the molecule is CO/N=C1\C(O)=C(C(N)=O)C(=O)[C@@]2(O)C(=O)C3=C(O)c4c(O)ccc(-c5nc(C(C)(C)O)co5)c4C[C@H]3C[C@@H]12. The van der Waals surface area contributed by atoms with Crippen LogP contribution in [0.3, 0.4) is 0 Å². The van der Waals surface area contributed by atoms with E-state index < -0.39 is 63.3 Å². The van der Waals surface area contributed by atoms with Gasteiger partial charge in [-0.2, -0.15) is 0 Å². The van der Waals surface area contributed by atoms with Crippen molar-refractivity contribution >= 4 is 28.9 Å². The van der Waals surface area contributed by atoms with Crippen molar-refractivity contribution in [1.29, 1.82) is 0 Å². The van der Waals surface area contributed by atoms with Crippen LogP contribution in [0.15, 0.2) is 44.9 Å². The minimum Gasteiger partial charge on any atom is -0.507 e. The zero-order valence-electron chi connectivity index (χ0n) is 21.1. The highest BCUT2D eigenvalue weighted by Crippen LogP contribution is 2.52. The van der Waals surface area contributed by atoms with Gasteiger partial charge in [-0.15, -0.1) is 0 Å². The summed E-state index contributed by atoms with van der Waals surface area (Å²) in [6.07, 6.45) is 1.09. The van der Waals surface area contributed by atoms with E-state index in [4.69, 9.17) is 15.0 Å². The van der Waals surface area contributed by atoms with Crippen LogP contribution in [-0.2, 0) is 31.2 Å². The fourth-order valence-electron chi connectivity index (χ4n) is 5.58. The van der Waals surface area contributed by atoms with E-state index in [-0.39, 0.29) is 41.3 Å². The molecule has 1 amide bonds. The second-order valence-electron chi connectivity index (χ2n) is 10.2. The van der Waals surface area contributed by atoms with Crippen molar-refractivity contribution in [2.45, 2.75) is 37.9 Å². The fourth-order valence-corrected chi connectivity index (χ4v) is 5.58. The van der Waals surface area contributed by atoms with Gasteiger partial charge in [-0.25, -0.2) is 4.98 Å². The third-order valence-corrected chi connectivity index (χ3v) is 7.44. The molecule has 1 heterocycles. The number of nitrogens with two attached hydrogens (primary N) is 1. The number of aliphatic hydroxyl groups is 4. The number of allylic oxidation sites excluding steroid dienone is 1. The number of carbonyl (C=O) groups is 3. The number of primary amides is 1. The summed E-state index contributed by atoms with van der Waals surface area (Å²) in [5.74, 6) is -8.23. The monoisotopic (exact) mass is 539 g/mol. The molecule has 0 bridgehead atoms. The molecule has 1 saturated carbocycles. The molecule has 3 aliphatic carbocycles. The van der Waals surface area contributed by atoms with Crippen LogP contribution in [0.25, 0.3) is 17.2 Å². The number of ketones is 2. The Bertz CT molecular complexity index is 1560. The highest BCUT2D eigenvalue weighted by molar-refractivity contribution is 6.38. The maximum Gasteiger partial charge on any atom is 0.256 e. The number of aliphatic hydroxyl groups excluding tert-OH is 2. The Hall–Kier alpha value is -4.49. The van der Waals surface area contributed by atoms with Crippen molar-refractivity contribution in [1.82, 2.24) is 4.98 Å². The lowest BCUT2D eigenvalue weighted by Gasteiger charge is -2.45. The van der Waals surface area contributed by atoms with Gasteiger partial charge in [0.25, 0.3) is 5.91 Å². The summed E-state index contributed by atoms with van der Waals surface area (Å²) in [7, 11) is 1.13. The number of nitrogens with zero attached hydrogens (tertiary/aromatic N) is 2. The Morgan fingerprint density at radius 1 is 1.21 bits per heavy atom. The number of aromatic hydroxyl groups is 1. The number of rotatable bonds is 4. The van der Waals surface area contributed by atoms with E-state index in [1.807, 2.05) is 0 Å². The maximum absolute atomic E-state index is 13.8. The van der Waals surface area contributed by atoms with Crippen LogP contribution < -0.4 is 5.73 Å². The van der Waals surface area contributed by atoms with E-state index in [1.54, 1.807) is 0 Å². The van der Waals surface area contributed by atoms with Gasteiger partial charge in [0.05, 0.1) is 11.5 Å². The van der Waals surface area contributed by atoms with Crippen LogP contribution >= 0.6 is 0 Å². The Morgan fingerprint density at radius 2 is 1.90 bits per heavy atom. The zero-order chi connectivity index (χ0) is 28.6. The molecule has 0 radical (unpaired) electrons. The first kappa shape index (κ1) is 26.1. The number of hydrogen-bond donors (Lipinski definition) is 6. The van der Waals surface area contributed by atoms with E-state index in [2.05, 4.69) is 10.1 Å². The summed E-state index contributed by atoms with van der Waals surface area (Å²) < 4.78 is 5.57. The first-order chi connectivity index (χ1) is 18.2. The van der Waals surface area contributed by atoms with Crippen molar-refractivity contribution < 1.29 is 49.2 Å². The molecule has 1 fully saturated rings. The van der Waals surface area contributed by atoms with Gasteiger partial charge in [-0.05, 0) is 50.3 Å². The largest absolute Gasteiger partial charge is 0.507 e. The van der Waals surface area contributed by atoms with E-state index in [0.717, 1.165) is 7.11 Å². The molecule has 0 aliphatic heterocycles. The van der Waals surface area contributed by atoms with Crippen LogP contribution in [-0.4, -0.2) is 66.4 Å². The third kappa shape index (κ3) is 3.57. The van der Waals surface area contributed by atoms with Crippen LogP contribution in [0.1, 0.15) is 37.1 Å². The molecule has 5 rings (SSSR count). The number of oxazole rings is 1. The summed E-state index contributed by atoms with van der Waals surface area (Å²) in [6.45, 7) is 3.04. The van der Waals surface area contributed by atoms with Crippen molar-refractivity contribution in [3.63, 3.8) is 0 Å². The Labute approximate surface area is 220 Å². The van der Waals surface area contributed by atoms with Crippen LogP contribution in [0.5, 0.6) is 5.75 Å². The fraction of sp³-hybridized carbons (Fsp3) is 0.346. The number of Topliss-reactive ketones (excluding diaryl/α,β-unsaturated/α-hetero) is 2. The predicted molar refractivity (Wildman–Crippen MR) is 132 cm³/mol. The van der Waals surface area contributed by atoms with Crippen molar-refractivity contribution in [2.75, 3.05) is 7.11 Å². The molecule has 7 N–H and O–H groups in total. The standard InChI is InChI=1S/C26H25N3O10/c1-25(2,36)14-8-39-24(28-14)10-4-5-13(30)16-11(10)6-9-7-12-18(29-38-3)20(32)17(23(27)35)22(34)26(12,37)21(33)15(9)19(16)31/h4-5,8-9,12,30-32,36-37H,6-7H2,1-3H3,(H2,27,35)/b29-18-/t9-,12-,26-/m0/s1. The first-order valence-electron chi connectivity index (χ1n) is 11.9. The highest BCUT2D eigenvalue weighted by Gasteiger charge is 2.64. The number of carbonyl (C=O) groups excluding carboxylic acids is 3. The molecular weight excluding hydrogens is 514 g/mol. The normalized spacial score (nSPS) is 25.9.